The van der Waals surface area contributed by atoms with E-state index in [1.54, 1.807) is 24.3 Å². The molecule has 4 aromatic rings. The molecule has 5 N–H and O–H groups in total. The molecule has 4 amide bonds. The quantitative estimate of drug-likeness (QED) is 0.0597. The maximum absolute atomic E-state index is 14.6. The van der Waals surface area contributed by atoms with Gasteiger partial charge >= 0.3 is 11.9 Å². The van der Waals surface area contributed by atoms with Gasteiger partial charge < -0.3 is 30.7 Å². The molecule has 10 unspecified atom stereocenters. The summed E-state index contributed by atoms with van der Waals surface area (Å²) in [6.45, 7) is 2.23. The van der Waals surface area contributed by atoms with Gasteiger partial charge in [0.05, 0.1) is 34.8 Å². The number of hydrogen-bond donors (Lipinski definition) is 5. The van der Waals surface area contributed by atoms with Crippen molar-refractivity contribution in [3.8, 4) is 0 Å². The van der Waals surface area contributed by atoms with Crippen molar-refractivity contribution in [3.63, 3.8) is 0 Å². The Balaban J connectivity index is 0.00000578. The zero-order valence-corrected chi connectivity index (χ0v) is 35.9. The molecule has 4 aliphatic rings. The van der Waals surface area contributed by atoms with Crippen LogP contribution in [0.5, 0.6) is 0 Å². The highest BCUT2D eigenvalue weighted by molar-refractivity contribution is 6.06. The van der Waals surface area contributed by atoms with Crippen LogP contribution in [0.4, 0.5) is 0 Å². The third-order valence-electron chi connectivity index (χ3n) is 13.7. The van der Waals surface area contributed by atoms with Crippen LogP contribution in [-0.4, -0.2) is 88.0 Å². The molecular formula is C48H56ClN5O8. The standard InChI is InChI=1S/C48H55N5O8.ClH/c1-49-19-9-21-51-43(54)39-29-23-35(37(25-29)60-47(58)33-17-7-13-27-11-3-5-15-31(27)33)41(39)45(56)53-46(57)42-36-24-30(40(42)44(55)52-22-10-20-50-2)26-38(36)61-48(59)34-18-8-14-28-12-4-6-16-32(28)34;/h3-8,11-18,29-30,35-42,49-50H,9-10,19-26H2,1-2H3,(H,51,54)(H,52,55)(H,53,56,57);1H. The van der Waals surface area contributed by atoms with E-state index in [1.807, 2.05) is 74.8 Å². The van der Waals surface area contributed by atoms with Gasteiger partial charge in [0.15, 0.2) is 0 Å². The topological polar surface area (TPSA) is 181 Å². The zero-order valence-electron chi connectivity index (χ0n) is 35.1. The first-order valence-electron chi connectivity index (χ1n) is 21.7. The van der Waals surface area contributed by atoms with Gasteiger partial charge in [-0.2, -0.15) is 0 Å². The second kappa shape index (κ2) is 19.8. The summed E-state index contributed by atoms with van der Waals surface area (Å²) >= 11 is 0. The maximum Gasteiger partial charge on any atom is 0.339 e. The van der Waals surface area contributed by atoms with Crippen LogP contribution in [0.2, 0.25) is 0 Å². The van der Waals surface area contributed by atoms with Crippen LogP contribution in [0.15, 0.2) is 84.9 Å². The van der Waals surface area contributed by atoms with E-state index in [9.17, 15) is 28.8 Å². The average Bonchev–Trinajstić information content (AvgIpc) is 4.06. The van der Waals surface area contributed by atoms with Crippen LogP contribution < -0.4 is 26.6 Å². The third-order valence-corrected chi connectivity index (χ3v) is 13.7. The monoisotopic (exact) mass is 865 g/mol. The van der Waals surface area contributed by atoms with Crippen LogP contribution in [0.3, 0.4) is 0 Å². The van der Waals surface area contributed by atoms with Gasteiger partial charge in [-0.3, -0.25) is 24.5 Å². The first kappa shape index (κ1) is 44.7. The van der Waals surface area contributed by atoms with E-state index in [0.717, 1.165) is 21.5 Å². The minimum Gasteiger partial charge on any atom is -0.458 e. The van der Waals surface area contributed by atoms with E-state index in [1.165, 1.54) is 0 Å². The van der Waals surface area contributed by atoms with Gasteiger partial charge in [0.1, 0.15) is 12.2 Å². The number of imide groups is 1. The molecule has 328 valence electrons. The molecule has 4 bridgehead atoms. The van der Waals surface area contributed by atoms with E-state index >= 15 is 0 Å². The Morgan fingerprint density at radius 3 is 1.32 bits per heavy atom. The van der Waals surface area contributed by atoms with Gasteiger partial charge in [0, 0.05) is 24.9 Å². The lowest BCUT2D eigenvalue weighted by Crippen LogP contribution is -2.53. The van der Waals surface area contributed by atoms with Gasteiger partial charge in [0.25, 0.3) is 0 Å². The predicted molar refractivity (Wildman–Crippen MR) is 236 cm³/mol. The van der Waals surface area contributed by atoms with Gasteiger partial charge in [-0.15, -0.1) is 12.4 Å². The fourth-order valence-electron chi connectivity index (χ4n) is 11.0. The van der Waals surface area contributed by atoms with E-state index in [2.05, 4.69) is 26.6 Å². The number of esters is 2. The highest BCUT2D eigenvalue weighted by atomic mass is 35.5. The van der Waals surface area contributed by atoms with Crippen molar-refractivity contribution in [2.75, 3.05) is 40.3 Å². The largest absolute Gasteiger partial charge is 0.458 e. The van der Waals surface area contributed by atoms with E-state index in [4.69, 9.17) is 9.47 Å². The lowest BCUT2D eigenvalue weighted by Gasteiger charge is -2.36. The Hall–Kier alpha value is -5.37. The zero-order chi connectivity index (χ0) is 42.6. The third kappa shape index (κ3) is 8.93. The molecule has 4 fully saturated rings. The summed E-state index contributed by atoms with van der Waals surface area (Å²) in [7, 11) is 3.67. The lowest BCUT2D eigenvalue weighted by molar-refractivity contribution is -0.147. The molecule has 62 heavy (non-hydrogen) atoms. The van der Waals surface area contributed by atoms with Crippen molar-refractivity contribution in [1.29, 1.82) is 0 Å². The first-order valence-corrected chi connectivity index (χ1v) is 21.7. The summed E-state index contributed by atoms with van der Waals surface area (Å²) in [5.74, 6) is -7.70. The number of amides is 4. The lowest BCUT2D eigenvalue weighted by atomic mass is 9.75. The molecular weight excluding hydrogens is 810 g/mol. The molecule has 4 saturated carbocycles. The Morgan fingerprint density at radius 1 is 0.500 bits per heavy atom. The van der Waals surface area contributed by atoms with E-state index < -0.39 is 71.5 Å². The summed E-state index contributed by atoms with van der Waals surface area (Å²) in [5.41, 5.74) is 0.830. The van der Waals surface area contributed by atoms with Crippen LogP contribution in [0, 0.1) is 47.3 Å². The Labute approximate surface area is 367 Å². The number of rotatable bonds is 16. The summed E-state index contributed by atoms with van der Waals surface area (Å²) in [6.07, 6.45) is 1.88. The van der Waals surface area contributed by atoms with Crippen LogP contribution in [0.25, 0.3) is 21.5 Å². The van der Waals surface area contributed by atoms with Crippen molar-refractivity contribution in [3.05, 3.63) is 96.1 Å². The number of benzene rings is 4. The fourth-order valence-corrected chi connectivity index (χ4v) is 11.0. The Morgan fingerprint density at radius 2 is 0.903 bits per heavy atom. The molecule has 0 saturated heterocycles. The summed E-state index contributed by atoms with van der Waals surface area (Å²) in [6, 6.07) is 26.0. The smallest absolute Gasteiger partial charge is 0.339 e. The van der Waals surface area contributed by atoms with Crippen LogP contribution in [-0.2, 0) is 28.7 Å². The molecule has 10 atom stereocenters. The van der Waals surface area contributed by atoms with Crippen molar-refractivity contribution < 1.29 is 38.2 Å². The van der Waals surface area contributed by atoms with E-state index in [-0.39, 0.29) is 36.1 Å². The fraction of sp³-hybridized carbons (Fsp3) is 0.458. The van der Waals surface area contributed by atoms with Crippen molar-refractivity contribution in [2.24, 2.45) is 47.3 Å². The number of carbonyl (C=O) groups excluding carboxylic acids is 6. The molecule has 0 aromatic heterocycles. The molecule has 0 aliphatic heterocycles. The second-order valence-corrected chi connectivity index (χ2v) is 17.2. The highest BCUT2D eigenvalue weighted by Gasteiger charge is 2.62. The Kier molecular flexibility index (Phi) is 14.2. The number of ether oxygens (including phenoxy) is 2. The minimum atomic E-state index is -0.954. The molecule has 4 aliphatic carbocycles. The van der Waals surface area contributed by atoms with Crippen molar-refractivity contribution in [2.45, 2.75) is 50.7 Å². The van der Waals surface area contributed by atoms with Crippen molar-refractivity contribution in [1.82, 2.24) is 26.6 Å². The van der Waals surface area contributed by atoms with Crippen LogP contribution in [0.1, 0.15) is 59.2 Å². The average molecular weight is 866 g/mol. The van der Waals surface area contributed by atoms with Gasteiger partial charge in [0.2, 0.25) is 23.6 Å². The predicted octanol–water partition coefficient (Wildman–Crippen LogP) is 4.80. The summed E-state index contributed by atoms with van der Waals surface area (Å²) < 4.78 is 12.3. The number of halogens is 1. The number of nitrogens with one attached hydrogen (secondary N) is 5. The molecule has 4 aromatic carbocycles. The summed E-state index contributed by atoms with van der Waals surface area (Å²) in [4.78, 5) is 84.5. The summed E-state index contributed by atoms with van der Waals surface area (Å²) in [5, 5.41) is 18.1. The minimum absolute atomic E-state index is 0. The molecule has 0 radical (unpaired) electrons. The Bertz CT molecular complexity index is 2150. The normalized spacial score (nSPS) is 26.7. The van der Waals surface area contributed by atoms with Gasteiger partial charge in [-0.05, 0) is 111 Å². The molecule has 13 nitrogen and oxygen atoms in total. The van der Waals surface area contributed by atoms with Crippen molar-refractivity contribution >= 4 is 69.5 Å². The molecule has 14 heteroatoms. The SMILES string of the molecule is CNCCCNC(=O)C1C2CC(OC(=O)c3cccc4ccccc34)C(C2)C1C(=O)NC(=O)C1C2CC(CC2OC(=O)c2cccc3ccccc23)C1C(=O)NCCCNC.Cl. The van der Waals surface area contributed by atoms with E-state index in [0.29, 0.717) is 75.8 Å². The number of carbonyl (C=O) groups is 6. The molecule has 8 rings (SSSR count). The number of fused-ring (bicyclic) bond motifs is 6. The molecule has 0 heterocycles. The second-order valence-electron chi connectivity index (χ2n) is 17.2. The first-order chi connectivity index (χ1) is 29.7. The number of hydrogen-bond acceptors (Lipinski definition) is 10. The highest BCUT2D eigenvalue weighted by Crippen LogP contribution is 2.56. The molecule has 0 spiro atoms. The maximum atomic E-state index is 14.6. The van der Waals surface area contributed by atoms with Crippen LogP contribution >= 0.6 is 12.4 Å². The van der Waals surface area contributed by atoms with Gasteiger partial charge in [-0.1, -0.05) is 72.8 Å². The van der Waals surface area contributed by atoms with Gasteiger partial charge in [-0.25, -0.2) is 9.59 Å².